The van der Waals surface area contributed by atoms with Crippen molar-refractivity contribution in [2.24, 2.45) is 4.99 Å². The number of carboxylic acid groups (broad SMARTS) is 1. The fourth-order valence-corrected chi connectivity index (χ4v) is 3.64. The Hall–Kier alpha value is -3.26. The predicted molar refractivity (Wildman–Crippen MR) is 117 cm³/mol. The van der Waals surface area contributed by atoms with Crippen LogP contribution in [0.2, 0.25) is 0 Å². The van der Waals surface area contributed by atoms with Crippen molar-refractivity contribution in [2.45, 2.75) is 19.8 Å². The number of aliphatic carboxylic acids is 1. The number of methoxy groups -OCH3 is 1. The zero-order chi connectivity index (χ0) is 21.5. The molecule has 0 radical (unpaired) electrons. The number of carboxylic acids is 1. The van der Waals surface area contributed by atoms with E-state index in [4.69, 9.17) is 14.6 Å². The second-order valence-corrected chi connectivity index (χ2v) is 7.40. The summed E-state index contributed by atoms with van der Waals surface area (Å²) in [6.07, 6.45) is 2.50. The van der Waals surface area contributed by atoms with Crippen molar-refractivity contribution in [3.8, 4) is 11.5 Å². The van der Waals surface area contributed by atoms with E-state index in [1.807, 2.05) is 24.3 Å². The standard InChI is InChI=1S/C22H22N2O5S/c1-3-15-6-4-5-7-16(15)23-22-24-21(27)19(30-22)13-14-8-9-17(18(12-14)28-2)29-11-10-20(25)26/h4-9,12-13H,3,10-11H2,1-2H3,(H,25,26)(H,23,24,27)/b19-13+. The average molecular weight is 426 g/mol. The van der Waals surface area contributed by atoms with E-state index in [1.54, 1.807) is 24.3 Å². The average Bonchev–Trinajstić information content (AvgIpc) is 3.07. The maximum Gasteiger partial charge on any atom is 0.306 e. The summed E-state index contributed by atoms with van der Waals surface area (Å²) in [7, 11) is 1.50. The molecular formula is C22H22N2O5S. The first-order valence-electron chi connectivity index (χ1n) is 9.40. The van der Waals surface area contributed by atoms with Gasteiger partial charge in [0.15, 0.2) is 16.7 Å². The number of amides is 1. The van der Waals surface area contributed by atoms with Gasteiger partial charge in [0, 0.05) is 0 Å². The van der Waals surface area contributed by atoms with Gasteiger partial charge in [-0.05, 0) is 53.6 Å². The number of nitrogens with zero attached hydrogens (tertiary/aromatic N) is 1. The molecule has 2 N–H and O–H groups in total. The van der Waals surface area contributed by atoms with Crippen LogP contribution in [0.3, 0.4) is 0 Å². The number of carbonyl (C=O) groups excluding carboxylic acids is 1. The Morgan fingerprint density at radius 1 is 1.23 bits per heavy atom. The topological polar surface area (TPSA) is 97.2 Å². The van der Waals surface area contributed by atoms with E-state index >= 15 is 0 Å². The Kier molecular flexibility index (Phi) is 7.13. The van der Waals surface area contributed by atoms with E-state index in [0.29, 0.717) is 21.6 Å². The lowest BCUT2D eigenvalue weighted by Gasteiger charge is -2.10. The first kappa shape index (κ1) is 21.4. The monoisotopic (exact) mass is 426 g/mol. The number of thioether (sulfide) groups is 1. The Balaban J connectivity index is 1.77. The van der Waals surface area contributed by atoms with Crippen LogP contribution in [0.25, 0.3) is 6.08 Å². The molecule has 1 aliphatic heterocycles. The van der Waals surface area contributed by atoms with E-state index in [9.17, 15) is 9.59 Å². The van der Waals surface area contributed by atoms with Crippen LogP contribution in [0.4, 0.5) is 5.69 Å². The number of para-hydroxylation sites is 1. The molecule has 30 heavy (non-hydrogen) atoms. The molecule has 1 saturated heterocycles. The van der Waals surface area contributed by atoms with Gasteiger partial charge in [0.1, 0.15) is 0 Å². The fraction of sp³-hybridized carbons (Fsp3) is 0.227. The van der Waals surface area contributed by atoms with E-state index < -0.39 is 5.97 Å². The number of hydrogen-bond acceptors (Lipinski definition) is 6. The Morgan fingerprint density at radius 3 is 2.77 bits per heavy atom. The summed E-state index contributed by atoms with van der Waals surface area (Å²) >= 11 is 1.28. The number of nitrogens with one attached hydrogen (secondary N) is 1. The van der Waals surface area contributed by atoms with Crippen LogP contribution in [0.15, 0.2) is 52.4 Å². The maximum atomic E-state index is 12.4. The number of carbonyl (C=O) groups is 2. The van der Waals surface area contributed by atoms with Gasteiger partial charge in [0.05, 0.1) is 30.7 Å². The summed E-state index contributed by atoms with van der Waals surface area (Å²) in [4.78, 5) is 28.1. The van der Waals surface area contributed by atoms with Crippen LogP contribution in [-0.2, 0) is 16.0 Å². The minimum atomic E-state index is -0.932. The summed E-state index contributed by atoms with van der Waals surface area (Å²) in [5.41, 5.74) is 2.71. The molecule has 0 aromatic heterocycles. The maximum absolute atomic E-state index is 12.4. The third kappa shape index (κ3) is 5.42. The van der Waals surface area contributed by atoms with E-state index in [2.05, 4.69) is 17.2 Å². The van der Waals surface area contributed by atoms with Gasteiger partial charge >= 0.3 is 5.97 Å². The molecule has 0 spiro atoms. The fourth-order valence-electron chi connectivity index (χ4n) is 2.80. The number of hydrogen-bond donors (Lipinski definition) is 2. The van der Waals surface area contributed by atoms with Gasteiger partial charge in [-0.3, -0.25) is 9.59 Å². The second-order valence-electron chi connectivity index (χ2n) is 6.37. The van der Waals surface area contributed by atoms with Gasteiger partial charge in [0.25, 0.3) is 5.91 Å². The van der Waals surface area contributed by atoms with E-state index in [0.717, 1.165) is 23.2 Å². The van der Waals surface area contributed by atoms with Gasteiger partial charge in [0.2, 0.25) is 0 Å². The highest BCUT2D eigenvalue weighted by molar-refractivity contribution is 8.18. The highest BCUT2D eigenvalue weighted by Crippen LogP contribution is 2.32. The van der Waals surface area contributed by atoms with Crippen molar-refractivity contribution < 1.29 is 24.2 Å². The van der Waals surface area contributed by atoms with Crippen molar-refractivity contribution in [3.05, 3.63) is 58.5 Å². The highest BCUT2D eigenvalue weighted by atomic mass is 32.2. The molecule has 1 fully saturated rings. The largest absolute Gasteiger partial charge is 0.493 e. The molecule has 0 saturated carbocycles. The number of aryl methyl sites for hydroxylation is 1. The summed E-state index contributed by atoms with van der Waals surface area (Å²) in [6.45, 7) is 2.11. The van der Waals surface area contributed by atoms with Gasteiger partial charge in [-0.15, -0.1) is 0 Å². The number of benzene rings is 2. The van der Waals surface area contributed by atoms with Gasteiger partial charge in [-0.1, -0.05) is 31.2 Å². The third-order valence-electron chi connectivity index (χ3n) is 4.30. The summed E-state index contributed by atoms with van der Waals surface area (Å²) in [5.74, 6) is -0.237. The Morgan fingerprint density at radius 2 is 2.03 bits per heavy atom. The molecule has 2 aromatic rings. The molecule has 2 aromatic carbocycles. The lowest BCUT2D eigenvalue weighted by molar-refractivity contribution is -0.137. The molecule has 1 aliphatic rings. The zero-order valence-corrected chi connectivity index (χ0v) is 17.5. The number of aliphatic imine (C=N–C) groups is 1. The van der Waals surface area contributed by atoms with E-state index in [-0.39, 0.29) is 18.9 Å². The van der Waals surface area contributed by atoms with Crippen molar-refractivity contribution >= 4 is 40.6 Å². The molecule has 7 nitrogen and oxygen atoms in total. The summed E-state index contributed by atoms with van der Waals surface area (Å²) in [5, 5.41) is 12.1. The minimum absolute atomic E-state index is 0.0451. The zero-order valence-electron chi connectivity index (χ0n) is 16.7. The molecule has 1 amide bonds. The molecule has 0 atom stereocenters. The van der Waals surface area contributed by atoms with Crippen molar-refractivity contribution in [2.75, 3.05) is 13.7 Å². The summed E-state index contributed by atoms with van der Waals surface area (Å²) < 4.78 is 10.8. The lowest BCUT2D eigenvalue weighted by Crippen LogP contribution is -2.19. The van der Waals surface area contributed by atoms with Crippen LogP contribution < -0.4 is 14.8 Å². The molecule has 0 unspecified atom stereocenters. The van der Waals surface area contributed by atoms with Crippen molar-refractivity contribution in [1.82, 2.24) is 5.32 Å². The van der Waals surface area contributed by atoms with Crippen LogP contribution >= 0.6 is 11.8 Å². The van der Waals surface area contributed by atoms with Crippen LogP contribution in [-0.4, -0.2) is 35.9 Å². The number of ether oxygens (including phenoxy) is 2. The minimum Gasteiger partial charge on any atom is -0.493 e. The molecular weight excluding hydrogens is 404 g/mol. The third-order valence-corrected chi connectivity index (χ3v) is 5.21. The Bertz CT molecular complexity index is 1020. The van der Waals surface area contributed by atoms with Gasteiger partial charge in [-0.25, -0.2) is 4.99 Å². The van der Waals surface area contributed by atoms with Crippen molar-refractivity contribution in [3.63, 3.8) is 0 Å². The lowest BCUT2D eigenvalue weighted by atomic mass is 10.1. The first-order valence-corrected chi connectivity index (χ1v) is 10.2. The second kappa shape index (κ2) is 9.98. The predicted octanol–water partition coefficient (Wildman–Crippen LogP) is 4.00. The summed E-state index contributed by atoms with van der Waals surface area (Å²) in [6, 6.07) is 13.0. The molecule has 8 heteroatoms. The molecule has 1 heterocycles. The first-order chi connectivity index (χ1) is 14.5. The van der Waals surface area contributed by atoms with E-state index in [1.165, 1.54) is 18.9 Å². The molecule has 3 rings (SSSR count). The van der Waals surface area contributed by atoms with Crippen LogP contribution in [0.5, 0.6) is 11.5 Å². The molecule has 156 valence electrons. The van der Waals surface area contributed by atoms with Gasteiger partial charge in [-0.2, -0.15) is 0 Å². The molecule has 0 bridgehead atoms. The quantitative estimate of drug-likeness (QED) is 0.619. The number of rotatable bonds is 8. The normalized spacial score (nSPS) is 16.0. The number of amidine groups is 1. The Labute approximate surface area is 178 Å². The van der Waals surface area contributed by atoms with Crippen molar-refractivity contribution in [1.29, 1.82) is 0 Å². The highest BCUT2D eigenvalue weighted by Gasteiger charge is 2.24. The van der Waals surface area contributed by atoms with Gasteiger partial charge < -0.3 is 19.9 Å². The van der Waals surface area contributed by atoms with Crippen LogP contribution in [0.1, 0.15) is 24.5 Å². The molecule has 0 aliphatic carbocycles. The smallest absolute Gasteiger partial charge is 0.306 e. The SMILES string of the molecule is CCc1ccccc1N=C1NC(=O)/C(=C\c2ccc(OCCC(=O)O)c(OC)c2)S1. The van der Waals surface area contributed by atoms with Crippen LogP contribution in [0, 0.1) is 0 Å².